The molecule has 1 amide bonds. The number of thiocarbonyl (C=S) groups is 1. The predicted octanol–water partition coefficient (Wildman–Crippen LogP) is 5.10. The average Bonchev–Trinajstić information content (AvgIpc) is 3.06. The molecule has 3 aromatic carbocycles. The first-order valence-electron chi connectivity index (χ1n) is 14.9. The summed E-state index contributed by atoms with van der Waals surface area (Å²) >= 11 is 8.84. The molecule has 4 rings (SSSR count). The van der Waals surface area contributed by atoms with E-state index < -0.39 is 17.9 Å². The summed E-state index contributed by atoms with van der Waals surface area (Å²) in [4.78, 5) is 37.3. The second-order valence-electron chi connectivity index (χ2n) is 10.2. The number of hydrogen-bond donors (Lipinski definition) is 3. The van der Waals surface area contributed by atoms with Gasteiger partial charge in [0.15, 0.2) is 23.2 Å². The number of methoxy groups -OCH3 is 1. The van der Waals surface area contributed by atoms with Crippen molar-refractivity contribution >= 4 is 57.3 Å². The van der Waals surface area contributed by atoms with E-state index in [1.54, 1.807) is 81.4 Å². The van der Waals surface area contributed by atoms with Crippen molar-refractivity contribution in [3.63, 3.8) is 0 Å². The number of nitrogens with zero attached hydrogens (tertiary/aromatic N) is 1. The number of ether oxygens (including phenoxy) is 5. The molecule has 0 saturated heterocycles. The van der Waals surface area contributed by atoms with E-state index in [9.17, 15) is 14.4 Å². The molecule has 0 fully saturated rings. The predicted molar refractivity (Wildman–Crippen MR) is 186 cm³/mol. The van der Waals surface area contributed by atoms with E-state index in [-0.39, 0.29) is 25.8 Å². The van der Waals surface area contributed by atoms with E-state index in [0.717, 1.165) is 5.56 Å². The molecule has 3 aromatic rings. The summed E-state index contributed by atoms with van der Waals surface area (Å²) in [6.07, 6.45) is 1.45. The highest BCUT2D eigenvalue weighted by molar-refractivity contribution is 9.10. The van der Waals surface area contributed by atoms with Crippen LogP contribution < -0.4 is 30.3 Å². The van der Waals surface area contributed by atoms with E-state index in [1.165, 1.54) is 13.3 Å². The first-order chi connectivity index (χ1) is 23.1. The first kappa shape index (κ1) is 35.9. The molecular weight excluding hydrogens is 704 g/mol. The highest BCUT2D eigenvalue weighted by Crippen LogP contribution is 2.37. The maximum Gasteiger partial charge on any atom is 0.338 e. The number of nitrogens with one attached hydrogen (secondary N) is 3. The van der Waals surface area contributed by atoms with Gasteiger partial charge in [0.1, 0.15) is 12.4 Å². The number of para-hydroxylation sites is 1. The van der Waals surface area contributed by atoms with Gasteiger partial charge >= 0.3 is 11.9 Å². The van der Waals surface area contributed by atoms with Crippen LogP contribution in [0.5, 0.6) is 17.2 Å². The van der Waals surface area contributed by atoms with Crippen LogP contribution in [0.4, 0.5) is 0 Å². The molecule has 0 bridgehead atoms. The Bertz CT molecular complexity index is 1730. The molecule has 0 unspecified atom stereocenters. The fourth-order valence-corrected chi connectivity index (χ4v) is 5.52. The van der Waals surface area contributed by atoms with E-state index >= 15 is 0 Å². The van der Waals surface area contributed by atoms with Crippen molar-refractivity contribution in [2.24, 2.45) is 5.10 Å². The summed E-state index contributed by atoms with van der Waals surface area (Å²) < 4.78 is 28.3. The van der Waals surface area contributed by atoms with Crippen molar-refractivity contribution in [2.45, 2.75) is 33.4 Å². The minimum absolute atomic E-state index is 0.211. The molecule has 1 aliphatic rings. The zero-order chi connectivity index (χ0) is 34.6. The number of benzene rings is 3. The minimum Gasteiger partial charge on any atom is -0.493 e. The SMILES string of the molecule is CCOC(=O)C1=C(C)NC(=S)N[C@@H]1c1ccccc1OCC(=O)NN=Cc1cc(Br)c(OCc2ccc(C(=O)OCC)cc2)c(OC)c1. The smallest absolute Gasteiger partial charge is 0.338 e. The standard InChI is InChI=1S/C34H35BrN4O8S/c1-5-44-32(41)23-13-11-21(12-14-23)18-47-31-25(35)15-22(16-27(31)43-4)17-36-39-28(40)19-46-26-10-8-7-9-24(26)30-29(33(42)45-6-2)20(3)37-34(48)38-30/h7-17,30H,5-6,18-19H2,1-4H3,(H,39,40)(H2,37,38,48)/t30-/m1/s1. The Morgan fingerprint density at radius 3 is 2.40 bits per heavy atom. The van der Waals surface area contributed by atoms with Gasteiger partial charge in [-0.2, -0.15) is 5.10 Å². The fourth-order valence-electron chi connectivity index (χ4n) is 4.67. The first-order valence-corrected chi connectivity index (χ1v) is 16.1. The molecule has 1 heterocycles. The van der Waals surface area contributed by atoms with Gasteiger partial charge < -0.3 is 34.3 Å². The Labute approximate surface area is 291 Å². The number of allylic oxidation sites excluding steroid dienone is 1. The molecule has 12 nitrogen and oxygen atoms in total. The van der Waals surface area contributed by atoms with Crippen LogP contribution in [-0.2, 0) is 25.7 Å². The number of halogens is 1. The zero-order valence-corrected chi connectivity index (χ0v) is 29.2. The number of carbonyl (C=O) groups is 3. The van der Waals surface area contributed by atoms with Crippen LogP contribution in [0.25, 0.3) is 0 Å². The van der Waals surface area contributed by atoms with Crippen molar-refractivity contribution in [3.8, 4) is 17.2 Å². The third-order valence-electron chi connectivity index (χ3n) is 6.86. The Kier molecular flexibility index (Phi) is 12.9. The Morgan fingerprint density at radius 1 is 0.979 bits per heavy atom. The number of rotatable bonds is 14. The number of carbonyl (C=O) groups excluding carboxylic acids is 3. The zero-order valence-electron chi connectivity index (χ0n) is 26.8. The van der Waals surface area contributed by atoms with Crippen LogP contribution in [0, 0.1) is 0 Å². The lowest BCUT2D eigenvalue weighted by atomic mass is 9.95. The van der Waals surface area contributed by atoms with E-state index in [2.05, 4.69) is 37.1 Å². The van der Waals surface area contributed by atoms with Crippen LogP contribution in [0.1, 0.15) is 53.9 Å². The molecule has 0 saturated carbocycles. The third-order valence-corrected chi connectivity index (χ3v) is 7.67. The second kappa shape index (κ2) is 17.3. The van der Waals surface area contributed by atoms with Gasteiger partial charge in [-0.25, -0.2) is 15.0 Å². The van der Waals surface area contributed by atoms with Gasteiger partial charge in [0.25, 0.3) is 5.91 Å². The lowest BCUT2D eigenvalue weighted by Crippen LogP contribution is -2.45. The number of hydrogen-bond acceptors (Lipinski definition) is 10. The molecule has 0 radical (unpaired) electrons. The Balaban J connectivity index is 1.37. The van der Waals surface area contributed by atoms with Gasteiger partial charge in [-0.15, -0.1) is 0 Å². The van der Waals surface area contributed by atoms with Gasteiger partial charge in [-0.3, -0.25) is 4.79 Å². The summed E-state index contributed by atoms with van der Waals surface area (Å²) in [6, 6.07) is 16.8. The number of esters is 2. The topological polar surface area (TPSA) is 146 Å². The monoisotopic (exact) mass is 738 g/mol. The quantitative estimate of drug-likeness (QED) is 0.0879. The average molecular weight is 740 g/mol. The highest BCUT2D eigenvalue weighted by atomic mass is 79.9. The molecule has 3 N–H and O–H groups in total. The summed E-state index contributed by atoms with van der Waals surface area (Å²) in [6.45, 7) is 5.63. The van der Waals surface area contributed by atoms with Crippen LogP contribution in [-0.4, -0.2) is 56.1 Å². The maximum atomic E-state index is 12.8. The lowest BCUT2D eigenvalue weighted by molar-refractivity contribution is -0.139. The summed E-state index contributed by atoms with van der Waals surface area (Å²) in [5.74, 6) is -0.0812. The van der Waals surface area contributed by atoms with E-state index in [4.69, 9.17) is 35.9 Å². The van der Waals surface area contributed by atoms with Crippen LogP contribution in [0.2, 0.25) is 0 Å². The largest absolute Gasteiger partial charge is 0.493 e. The van der Waals surface area contributed by atoms with E-state index in [0.29, 0.717) is 61.4 Å². The van der Waals surface area contributed by atoms with Gasteiger partial charge in [-0.05, 0) is 90.4 Å². The van der Waals surface area contributed by atoms with Crippen LogP contribution in [0.3, 0.4) is 0 Å². The summed E-state index contributed by atoms with van der Waals surface area (Å²) in [7, 11) is 1.51. The molecule has 1 atom stereocenters. The van der Waals surface area contributed by atoms with Gasteiger partial charge in [0.2, 0.25) is 0 Å². The Hall–Kier alpha value is -4.95. The molecule has 48 heavy (non-hydrogen) atoms. The molecule has 1 aliphatic heterocycles. The van der Waals surface area contributed by atoms with Crippen molar-refractivity contribution in [1.82, 2.24) is 16.1 Å². The van der Waals surface area contributed by atoms with Gasteiger partial charge in [0, 0.05) is 11.3 Å². The molecular formula is C34H35BrN4O8S. The molecule has 14 heteroatoms. The minimum atomic E-state index is -0.646. The van der Waals surface area contributed by atoms with Gasteiger partial charge in [0.05, 0.1) is 48.2 Å². The molecule has 0 aromatic heterocycles. The van der Waals surface area contributed by atoms with Gasteiger partial charge in [-0.1, -0.05) is 30.3 Å². The van der Waals surface area contributed by atoms with Crippen molar-refractivity contribution in [2.75, 3.05) is 26.9 Å². The maximum absolute atomic E-state index is 12.8. The lowest BCUT2D eigenvalue weighted by Gasteiger charge is -2.30. The van der Waals surface area contributed by atoms with Crippen molar-refractivity contribution in [1.29, 1.82) is 0 Å². The highest BCUT2D eigenvalue weighted by Gasteiger charge is 2.32. The van der Waals surface area contributed by atoms with Crippen molar-refractivity contribution in [3.05, 3.63) is 98.7 Å². The number of hydrazone groups is 1. The van der Waals surface area contributed by atoms with Crippen LogP contribution >= 0.6 is 28.1 Å². The number of amides is 1. The fraction of sp³-hybridized carbons (Fsp3) is 0.265. The van der Waals surface area contributed by atoms with Crippen LogP contribution in [0.15, 0.2) is 81.5 Å². The molecule has 0 spiro atoms. The van der Waals surface area contributed by atoms with E-state index in [1.807, 2.05) is 0 Å². The Morgan fingerprint density at radius 2 is 1.69 bits per heavy atom. The van der Waals surface area contributed by atoms with Crippen molar-refractivity contribution < 1.29 is 38.1 Å². The second-order valence-corrected chi connectivity index (χ2v) is 11.4. The molecule has 0 aliphatic carbocycles. The summed E-state index contributed by atoms with van der Waals surface area (Å²) in [5.41, 5.74) is 5.91. The third kappa shape index (κ3) is 9.32. The normalized spacial score (nSPS) is 14.1. The molecule has 252 valence electrons. The summed E-state index contributed by atoms with van der Waals surface area (Å²) in [5, 5.41) is 10.4.